The van der Waals surface area contributed by atoms with Gasteiger partial charge in [-0.05, 0) is 28.6 Å². The quantitative estimate of drug-likeness (QED) is 0.754. The molecule has 1 amide bonds. The average Bonchev–Trinajstić information content (AvgIpc) is 3.20. The van der Waals surface area contributed by atoms with Gasteiger partial charge in [0.25, 0.3) is 5.89 Å². The maximum Gasteiger partial charge on any atom is 0.260 e. The first-order valence-electron chi connectivity index (χ1n) is 6.79. The maximum absolute atomic E-state index is 12.1. The molecule has 3 aromatic rings. The monoisotopic (exact) mass is 333 g/mol. The van der Waals surface area contributed by atoms with Gasteiger partial charge in [0, 0.05) is 11.4 Å². The largest absolute Gasteiger partial charge is 0.334 e. The first-order chi connectivity index (χ1) is 11.2. The van der Waals surface area contributed by atoms with Gasteiger partial charge in [0.15, 0.2) is 5.82 Å². The summed E-state index contributed by atoms with van der Waals surface area (Å²) in [6.45, 7) is 1.90. The van der Waals surface area contributed by atoms with Crippen molar-refractivity contribution in [3.63, 3.8) is 0 Å². The van der Waals surface area contributed by atoms with Crippen molar-refractivity contribution in [1.29, 1.82) is 0 Å². The third-order valence-electron chi connectivity index (χ3n) is 2.97. The fraction of sp³-hybridized carbons (Fsp3) is 0.231. The zero-order valence-corrected chi connectivity index (χ0v) is 12.9. The lowest BCUT2D eigenvalue weighted by atomic mass is 10.1. The Labute approximate surface area is 135 Å². The first-order valence-corrected chi connectivity index (χ1v) is 7.16. The Morgan fingerprint density at radius 3 is 3.00 bits per heavy atom. The van der Waals surface area contributed by atoms with Crippen LogP contribution < -0.4 is 5.32 Å². The highest BCUT2D eigenvalue weighted by Crippen LogP contribution is 2.29. The highest BCUT2D eigenvalue weighted by Gasteiger charge is 2.15. The second-order valence-corrected chi connectivity index (χ2v) is 5.05. The van der Waals surface area contributed by atoms with Gasteiger partial charge in [0.1, 0.15) is 12.9 Å². The molecule has 23 heavy (non-hydrogen) atoms. The van der Waals surface area contributed by atoms with Crippen LogP contribution in [0.5, 0.6) is 0 Å². The van der Waals surface area contributed by atoms with E-state index >= 15 is 0 Å². The van der Waals surface area contributed by atoms with Gasteiger partial charge < -0.3 is 9.84 Å². The van der Waals surface area contributed by atoms with E-state index in [1.807, 2.05) is 6.92 Å². The highest BCUT2D eigenvalue weighted by molar-refractivity contribution is 6.31. The van der Waals surface area contributed by atoms with Crippen molar-refractivity contribution in [1.82, 2.24) is 30.3 Å². The van der Waals surface area contributed by atoms with E-state index in [1.54, 1.807) is 18.2 Å². The predicted octanol–water partition coefficient (Wildman–Crippen LogP) is 1.58. The summed E-state index contributed by atoms with van der Waals surface area (Å²) in [5.74, 6) is 0.573. The number of nitrogens with one attached hydrogen (secondary N) is 1. The summed E-state index contributed by atoms with van der Waals surface area (Å²) in [6, 6.07) is 4.99. The number of carbonyl (C=O) groups is 1. The van der Waals surface area contributed by atoms with Gasteiger partial charge in [-0.25, -0.2) is 4.68 Å². The number of rotatable bonds is 5. The summed E-state index contributed by atoms with van der Waals surface area (Å²) in [6.07, 6.45) is 2.00. The van der Waals surface area contributed by atoms with Crippen LogP contribution in [0.2, 0.25) is 5.02 Å². The van der Waals surface area contributed by atoms with Crippen LogP contribution in [-0.2, 0) is 17.8 Å². The van der Waals surface area contributed by atoms with E-state index in [2.05, 4.69) is 31.0 Å². The van der Waals surface area contributed by atoms with Gasteiger partial charge in [-0.15, -0.1) is 5.10 Å². The normalized spacial score (nSPS) is 10.7. The average molecular weight is 334 g/mol. The molecule has 118 valence electrons. The van der Waals surface area contributed by atoms with E-state index in [0.717, 1.165) is 0 Å². The van der Waals surface area contributed by atoms with Crippen molar-refractivity contribution < 1.29 is 9.32 Å². The molecule has 0 atom stereocenters. The van der Waals surface area contributed by atoms with Crippen LogP contribution in [0.3, 0.4) is 0 Å². The number of carbonyl (C=O) groups excluding carboxylic acids is 1. The molecular formula is C13H12ClN7O2. The molecule has 0 radical (unpaired) electrons. The number of aryl methyl sites for hydroxylation is 1. The number of aromatic nitrogens is 6. The van der Waals surface area contributed by atoms with Crippen molar-refractivity contribution in [3.8, 4) is 11.5 Å². The number of hydrogen-bond donors (Lipinski definition) is 1. The minimum absolute atomic E-state index is 0.0148. The topological polar surface area (TPSA) is 112 Å². The number of hydrogen-bond acceptors (Lipinski definition) is 7. The van der Waals surface area contributed by atoms with Gasteiger partial charge in [-0.2, -0.15) is 4.98 Å². The van der Waals surface area contributed by atoms with Crippen molar-refractivity contribution in [2.24, 2.45) is 0 Å². The molecular weight excluding hydrogens is 322 g/mol. The van der Waals surface area contributed by atoms with Gasteiger partial charge in [0.2, 0.25) is 5.91 Å². The van der Waals surface area contributed by atoms with Crippen LogP contribution in [0.15, 0.2) is 29.0 Å². The van der Waals surface area contributed by atoms with Gasteiger partial charge >= 0.3 is 0 Å². The lowest BCUT2D eigenvalue weighted by molar-refractivity contribution is -0.116. The molecule has 1 N–H and O–H groups in total. The minimum atomic E-state index is -0.295. The molecule has 0 bridgehead atoms. The van der Waals surface area contributed by atoms with E-state index in [9.17, 15) is 4.79 Å². The Kier molecular flexibility index (Phi) is 4.29. The smallest absolute Gasteiger partial charge is 0.260 e. The fourth-order valence-corrected chi connectivity index (χ4v) is 2.07. The molecule has 0 fully saturated rings. The summed E-state index contributed by atoms with van der Waals surface area (Å²) in [5, 5.41) is 17.7. The van der Waals surface area contributed by atoms with E-state index in [1.165, 1.54) is 11.0 Å². The van der Waals surface area contributed by atoms with E-state index < -0.39 is 0 Å². The van der Waals surface area contributed by atoms with Crippen LogP contribution in [0.4, 0.5) is 5.69 Å². The van der Waals surface area contributed by atoms with Gasteiger partial charge in [-0.3, -0.25) is 4.79 Å². The van der Waals surface area contributed by atoms with E-state index in [-0.39, 0.29) is 12.5 Å². The van der Waals surface area contributed by atoms with Crippen LogP contribution in [-0.4, -0.2) is 36.3 Å². The zero-order chi connectivity index (χ0) is 16.2. The number of nitrogens with zero attached hydrogens (tertiary/aromatic N) is 6. The third-order valence-corrected chi connectivity index (χ3v) is 3.20. The zero-order valence-electron chi connectivity index (χ0n) is 12.1. The summed E-state index contributed by atoms with van der Waals surface area (Å²) >= 11 is 6.03. The second-order valence-electron chi connectivity index (χ2n) is 4.61. The molecule has 2 heterocycles. The molecule has 0 unspecified atom stereocenters. The molecule has 0 saturated heterocycles. The summed E-state index contributed by atoms with van der Waals surface area (Å²) < 4.78 is 6.53. The third kappa shape index (κ3) is 3.51. The number of halogens is 1. The summed E-state index contributed by atoms with van der Waals surface area (Å²) in [5.41, 5.74) is 1.06. The molecule has 2 aromatic heterocycles. The molecule has 0 spiro atoms. The Hall–Kier alpha value is -2.81. The standard InChI is InChI=1S/C13H12ClN7O2/c1-2-11-17-13(23-18-11)9-5-8(14)3-4-10(9)16-12(22)6-21-7-15-19-20-21/h3-5,7H,2,6H2,1H3,(H,16,22). The molecule has 0 aliphatic rings. The molecule has 10 heteroatoms. The number of anilines is 1. The molecule has 3 rings (SSSR count). The molecule has 1 aromatic carbocycles. The lowest BCUT2D eigenvalue weighted by Crippen LogP contribution is -2.19. The molecule has 0 aliphatic carbocycles. The molecule has 0 aliphatic heterocycles. The van der Waals surface area contributed by atoms with Crippen molar-refractivity contribution in [3.05, 3.63) is 35.4 Å². The number of amides is 1. The van der Waals surface area contributed by atoms with Crippen molar-refractivity contribution >= 4 is 23.2 Å². The van der Waals surface area contributed by atoms with E-state index in [0.29, 0.717) is 34.4 Å². The van der Waals surface area contributed by atoms with Crippen LogP contribution in [0.25, 0.3) is 11.5 Å². The summed E-state index contributed by atoms with van der Waals surface area (Å²) in [4.78, 5) is 16.3. The first kappa shape index (κ1) is 15.1. The van der Waals surface area contributed by atoms with Crippen LogP contribution in [0.1, 0.15) is 12.7 Å². The fourth-order valence-electron chi connectivity index (χ4n) is 1.90. The van der Waals surface area contributed by atoms with Gasteiger partial charge in [0.05, 0.1) is 11.3 Å². The van der Waals surface area contributed by atoms with Crippen LogP contribution in [0, 0.1) is 0 Å². The SMILES string of the molecule is CCc1noc(-c2cc(Cl)ccc2NC(=O)Cn2cnnn2)n1. The molecule has 9 nitrogen and oxygen atoms in total. The minimum Gasteiger partial charge on any atom is -0.334 e. The second kappa shape index (κ2) is 6.53. The van der Waals surface area contributed by atoms with E-state index in [4.69, 9.17) is 16.1 Å². The number of benzene rings is 1. The number of tetrazole rings is 1. The van der Waals surface area contributed by atoms with Crippen molar-refractivity contribution in [2.75, 3.05) is 5.32 Å². The predicted molar refractivity (Wildman–Crippen MR) is 80.6 cm³/mol. The van der Waals surface area contributed by atoms with Crippen LogP contribution >= 0.6 is 11.6 Å². The Morgan fingerprint density at radius 1 is 1.43 bits per heavy atom. The lowest BCUT2D eigenvalue weighted by Gasteiger charge is -2.08. The summed E-state index contributed by atoms with van der Waals surface area (Å²) in [7, 11) is 0. The molecule has 0 saturated carbocycles. The highest BCUT2D eigenvalue weighted by atomic mass is 35.5. The van der Waals surface area contributed by atoms with Gasteiger partial charge in [-0.1, -0.05) is 23.7 Å². The Bertz CT molecular complexity index is 816. The van der Waals surface area contributed by atoms with Crippen molar-refractivity contribution in [2.45, 2.75) is 19.9 Å². The Balaban J connectivity index is 1.85. The Morgan fingerprint density at radius 2 is 2.30 bits per heavy atom. The maximum atomic E-state index is 12.1.